The standard InChI is InChI=1S/C28H20N4O2/c1-18-12-14-19(15-13-18)26-29-23-10-4-5-11-24(23)30-27-21-8-2-3-9-22(21)31-28(33)25(32(26)27)17-20-7-6-16-34-20/h2-17H,1H3,(H,31,33)/b25-17+. The Morgan fingerprint density at radius 1 is 0.824 bits per heavy atom. The van der Waals surface area contributed by atoms with Gasteiger partial charge < -0.3 is 9.73 Å². The van der Waals surface area contributed by atoms with Crippen LogP contribution in [-0.2, 0) is 4.79 Å². The summed E-state index contributed by atoms with van der Waals surface area (Å²) in [5.74, 6) is 1.49. The van der Waals surface area contributed by atoms with Crippen LogP contribution in [0.25, 0.3) is 6.08 Å². The van der Waals surface area contributed by atoms with Gasteiger partial charge in [-0.25, -0.2) is 9.98 Å². The number of aliphatic imine (C=N–C) groups is 2. The van der Waals surface area contributed by atoms with Crippen molar-refractivity contribution in [2.75, 3.05) is 5.32 Å². The highest BCUT2D eigenvalue weighted by Crippen LogP contribution is 2.37. The molecule has 2 aliphatic rings. The van der Waals surface area contributed by atoms with Crippen molar-refractivity contribution in [1.29, 1.82) is 0 Å². The molecule has 6 rings (SSSR count). The van der Waals surface area contributed by atoms with Gasteiger partial charge in [0.25, 0.3) is 5.91 Å². The van der Waals surface area contributed by atoms with E-state index in [4.69, 9.17) is 14.4 Å². The molecule has 164 valence electrons. The third-order valence-electron chi connectivity index (χ3n) is 5.78. The van der Waals surface area contributed by atoms with Crippen molar-refractivity contribution in [1.82, 2.24) is 4.90 Å². The van der Waals surface area contributed by atoms with E-state index in [2.05, 4.69) is 5.32 Å². The van der Waals surface area contributed by atoms with Gasteiger partial charge in [-0.05, 0) is 43.3 Å². The Morgan fingerprint density at radius 2 is 1.53 bits per heavy atom. The van der Waals surface area contributed by atoms with Crippen LogP contribution < -0.4 is 5.32 Å². The second-order valence-electron chi connectivity index (χ2n) is 8.11. The van der Waals surface area contributed by atoms with Gasteiger partial charge in [-0.2, -0.15) is 0 Å². The number of nitrogens with one attached hydrogen (secondary N) is 1. The Balaban J connectivity index is 1.69. The first-order valence-electron chi connectivity index (χ1n) is 11.0. The lowest BCUT2D eigenvalue weighted by molar-refractivity contribution is -0.113. The number of rotatable bonds is 2. The SMILES string of the molecule is Cc1ccc(C2=Nc3ccccc3N=C3c4ccccc4NC(=O)/C(=C\c4ccco4)N23)cc1. The second kappa shape index (κ2) is 8.01. The molecule has 1 aromatic heterocycles. The van der Waals surface area contributed by atoms with E-state index in [9.17, 15) is 4.79 Å². The number of amidine groups is 2. The number of benzene rings is 3. The normalized spacial score (nSPS) is 15.9. The van der Waals surface area contributed by atoms with Crippen LogP contribution in [0.2, 0.25) is 0 Å². The third-order valence-corrected chi connectivity index (χ3v) is 5.78. The molecule has 4 aromatic rings. The fourth-order valence-electron chi connectivity index (χ4n) is 4.10. The first kappa shape index (κ1) is 19.9. The second-order valence-corrected chi connectivity index (χ2v) is 8.11. The molecule has 3 aromatic carbocycles. The highest BCUT2D eigenvalue weighted by Gasteiger charge is 2.35. The number of nitrogens with zero attached hydrogens (tertiary/aromatic N) is 3. The average Bonchev–Trinajstić information content (AvgIpc) is 3.27. The molecule has 6 heteroatoms. The summed E-state index contributed by atoms with van der Waals surface area (Å²) in [5.41, 5.74) is 5.30. The zero-order valence-corrected chi connectivity index (χ0v) is 18.4. The maximum Gasteiger partial charge on any atom is 0.272 e. The molecule has 3 heterocycles. The summed E-state index contributed by atoms with van der Waals surface area (Å²) < 4.78 is 5.57. The number of carbonyl (C=O) groups is 1. The summed E-state index contributed by atoms with van der Waals surface area (Å²) >= 11 is 0. The zero-order valence-electron chi connectivity index (χ0n) is 18.4. The molecular weight excluding hydrogens is 424 g/mol. The van der Waals surface area contributed by atoms with Crippen LogP contribution in [0.5, 0.6) is 0 Å². The summed E-state index contributed by atoms with van der Waals surface area (Å²) in [5, 5.41) is 3.04. The Bertz CT molecular complexity index is 1500. The maximum absolute atomic E-state index is 13.6. The van der Waals surface area contributed by atoms with Crippen LogP contribution in [0.4, 0.5) is 17.1 Å². The number of hydrogen-bond acceptors (Lipinski definition) is 5. The van der Waals surface area contributed by atoms with Gasteiger partial charge in [0.05, 0.1) is 23.3 Å². The minimum absolute atomic E-state index is 0.278. The largest absolute Gasteiger partial charge is 0.465 e. The van der Waals surface area contributed by atoms with Gasteiger partial charge in [-0.3, -0.25) is 9.69 Å². The molecule has 0 radical (unpaired) electrons. The lowest BCUT2D eigenvalue weighted by atomic mass is 10.1. The number of amides is 1. The van der Waals surface area contributed by atoms with Crippen molar-refractivity contribution in [2.24, 2.45) is 9.98 Å². The number of aryl methyl sites for hydroxylation is 1. The molecule has 0 bridgehead atoms. The van der Waals surface area contributed by atoms with Crippen molar-refractivity contribution < 1.29 is 9.21 Å². The highest BCUT2D eigenvalue weighted by atomic mass is 16.3. The maximum atomic E-state index is 13.6. The van der Waals surface area contributed by atoms with Crippen LogP contribution in [0.1, 0.15) is 22.5 Å². The van der Waals surface area contributed by atoms with Crippen LogP contribution in [0, 0.1) is 6.92 Å². The predicted molar refractivity (Wildman–Crippen MR) is 134 cm³/mol. The quantitative estimate of drug-likeness (QED) is 0.383. The lowest BCUT2D eigenvalue weighted by Gasteiger charge is -2.26. The molecule has 0 saturated heterocycles. The third kappa shape index (κ3) is 3.42. The van der Waals surface area contributed by atoms with Gasteiger partial charge in [-0.15, -0.1) is 0 Å². The van der Waals surface area contributed by atoms with Gasteiger partial charge in [0, 0.05) is 17.2 Å². The van der Waals surface area contributed by atoms with Gasteiger partial charge in [0.15, 0.2) is 0 Å². The number of anilines is 1. The Morgan fingerprint density at radius 3 is 2.26 bits per heavy atom. The van der Waals surface area contributed by atoms with E-state index in [1.165, 1.54) is 0 Å². The average molecular weight is 444 g/mol. The molecule has 34 heavy (non-hydrogen) atoms. The first-order valence-corrected chi connectivity index (χ1v) is 11.0. The lowest BCUT2D eigenvalue weighted by Crippen LogP contribution is -2.38. The molecule has 0 fully saturated rings. The Kier molecular flexibility index (Phi) is 4.70. The Labute approximate surface area is 196 Å². The van der Waals surface area contributed by atoms with Crippen LogP contribution in [0.3, 0.4) is 0 Å². The van der Waals surface area contributed by atoms with Gasteiger partial charge in [-0.1, -0.05) is 54.1 Å². The highest BCUT2D eigenvalue weighted by molar-refractivity contribution is 6.27. The van der Waals surface area contributed by atoms with Crippen LogP contribution in [-0.4, -0.2) is 22.5 Å². The molecule has 1 N–H and O–H groups in total. The van der Waals surface area contributed by atoms with Crippen molar-refractivity contribution in [3.05, 3.63) is 119 Å². The topological polar surface area (TPSA) is 70.2 Å². The molecule has 0 aliphatic carbocycles. The zero-order chi connectivity index (χ0) is 23.1. The molecule has 1 amide bonds. The number of fused-ring (bicyclic) bond motifs is 4. The molecule has 0 atom stereocenters. The van der Waals surface area contributed by atoms with E-state index < -0.39 is 0 Å². The summed E-state index contributed by atoms with van der Waals surface area (Å²) in [4.78, 5) is 25.5. The monoisotopic (exact) mass is 444 g/mol. The molecule has 0 saturated carbocycles. The number of furan rings is 1. The van der Waals surface area contributed by atoms with Crippen molar-refractivity contribution in [3.63, 3.8) is 0 Å². The van der Waals surface area contributed by atoms with E-state index in [-0.39, 0.29) is 5.91 Å². The predicted octanol–water partition coefficient (Wildman–Crippen LogP) is 6.05. The number of hydrogen-bond donors (Lipinski definition) is 1. The molecule has 0 unspecified atom stereocenters. The number of para-hydroxylation sites is 3. The molecule has 6 nitrogen and oxygen atoms in total. The van der Waals surface area contributed by atoms with Crippen LogP contribution in [0.15, 0.2) is 111 Å². The smallest absolute Gasteiger partial charge is 0.272 e. The first-order chi connectivity index (χ1) is 16.7. The van der Waals surface area contributed by atoms with Gasteiger partial charge in [0.2, 0.25) is 0 Å². The van der Waals surface area contributed by atoms with Crippen molar-refractivity contribution in [2.45, 2.75) is 6.92 Å². The van der Waals surface area contributed by atoms with Crippen molar-refractivity contribution in [3.8, 4) is 0 Å². The van der Waals surface area contributed by atoms with E-state index in [1.807, 2.05) is 90.7 Å². The summed E-state index contributed by atoms with van der Waals surface area (Å²) in [7, 11) is 0. The summed E-state index contributed by atoms with van der Waals surface area (Å²) in [6.45, 7) is 2.04. The van der Waals surface area contributed by atoms with Crippen molar-refractivity contribution >= 4 is 40.7 Å². The minimum Gasteiger partial charge on any atom is -0.465 e. The minimum atomic E-state index is -0.278. The fourth-order valence-corrected chi connectivity index (χ4v) is 4.10. The van der Waals surface area contributed by atoms with E-state index in [0.717, 1.165) is 28.1 Å². The fraction of sp³-hybridized carbons (Fsp3) is 0.0357. The van der Waals surface area contributed by atoms with E-state index in [1.54, 1.807) is 18.4 Å². The van der Waals surface area contributed by atoms with Crippen LogP contribution >= 0.6 is 0 Å². The van der Waals surface area contributed by atoms with E-state index in [0.29, 0.717) is 28.8 Å². The molecule has 2 aliphatic heterocycles. The summed E-state index contributed by atoms with van der Waals surface area (Å²) in [6, 6.07) is 27.1. The Hall–Kier alpha value is -4.71. The number of carbonyl (C=O) groups excluding carboxylic acids is 1. The van der Waals surface area contributed by atoms with Gasteiger partial charge in [0.1, 0.15) is 23.1 Å². The molecular formula is C28H20N4O2. The van der Waals surface area contributed by atoms with Gasteiger partial charge >= 0.3 is 0 Å². The molecule has 0 spiro atoms. The van der Waals surface area contributed by atoms with E-state index >= 15 is 0 Å². The summed E-state index contributed by atoms with van der Waals surface area (Å²) in [6.07, 6.45) is 3.30.